The van der Waals surface area contributed by atoms with Crippen molar-refractivity contribution in [1.29, 1.82) is 0 Å². The van der Waals surface area contributed by atoms with E-state index in [1.54, 1.807) is 41.5 Å². The fourth-order valence-corrected chi connectivity index (χ4v) is 3.84. The van der Waals surface area contributed by atoms with E-state index in [4.69, 9.17) is 28.4 Å². The number of carbonyl (C=O) groups excluding carboxylic acids is 2. The lowest BCUT2D eigenvalue weighted by molar-refractivity contribution is -0.189. The van der Waals surface area contributed by atoms with Gasteiger partial charge in [0, 0.05) is 18.6 Å². The van der Waals surface area contributed by atoms with Gasteiger partial charge in [0.25, 0.3) is 0 Å². The maximum atomic E-state index is 12.5. The molecular weight excluding hydrogens is 500 g/mol. The number of ether oxygens (including phenoxy) is 6. The summed E-state index contributed by atoms with van der Waals surface area (Å²) in [7, 11) is 0. The summed E-state index contributed by atoms with van der Waals surface area (Å²) in [4.78, 5) is 25.0. The number of carbonyl (C=O) groups is 2. The van der Waals surface area contributed by atoms with E-state index in [9.17, 15) is 9.59 Å². The van der Waals surface area contributed by atoms with Crippen molar-refractivity contribution >= 4 is 11.9 Å². The summed E-state index contributed by atoms with van der Waals surface area (Å²) in [5, 5.41) is 0. The summed E-state index contributed by atoms with van der Waals surface area (Å²) < 4.78 is 33.1. The minimum absolute atomic E-state index is 0.334. The summed E-state index contributed by atoms with van der Waals surface area (Å²) >= 11 is 0. The van der Waals surface area contributed by atoms with Gasteiger partial charge in [-0.05, 0) is 90.8 Å². The quantitative estimate of drug-likeness (QED) is 0.206. The van der Waals surface area contributed by atoms with Crippen LogP contribution in [0.1, 0.15) is 80.4 Å². The van der Waals surface area contributed by atoms with Crippen LogP contribution in [0.4, 0.5) is 0 Å². The highest BCUT2D eigenvalue weighted by Gasteiger charge is 2.35. The zero-order valence-corrected chi connectivity index (χ0v) is 25.0. The lowest BCUT2D eigenvalue weighted by atomic mass is 9.78. The van der Waals surface area contributed by atoms with Crippen LogP contribution in [0.15, 0.2) is 48.5 Å². The van der Waals surface area contributed by atoms with Crippen LogP contribution in [0, 0.1) is 0 Å². The fourth-order valence-electron chi connectivity index (χ4n) is 3.84. The number of esters is 2. The molecule has 0 amide bonds. The summed E-state index contributed by atoms with van der Waals surface area (Å²) in [6.07, 6.45) is -1.29. The van der Waals surface area contributed by atoms with Gasteiger partial charge in [0.15, 0.2) is 23.8 Å². The summed E-state index contributed by atoms with van der Waals surface area (Å²) in [6, 6.07) is 15.3. The molecule has 0 spiro atoms. The molecule has 2 aromatic rings. The average Bonchev–Trinajstić information content (AvgIpc) is 2.84. The molecule has 8 nitrogen and oxygen atoms in total. The van der Waals surface area contributed by atoms with Gasteiger partial charge in [0.2, 0.25) is 0 Å². The van der Waals surface area contributed by atoms with E-state index >= 15 is 0 Å². The van der Waals surface area contributed by atoms with Crippen LogP contribution >= 0.6 is 0 Å². The second-order valence-corrected chi connectivity index (χ2v) is 10.8. The summed E-state index contributed by atoms with van der Waals surface area (Å²) in [5.41, 5.74) is -0.580. The van der Waals surface area contributed by atoms with Gasteiger partial charge in [-0.25, -0.2) is 9.59 Å². The molecular formula is C31H44O8. The Morgan fingerprint density at radius 1 is 0.615 bits per heavy atom. The van der Waals surface area contributed by atoms with Crippen molar-refractivity contribution in [2.45, 2.75) is 98.4 Å². The first kappa shape index (κ1) is 32.1. The lowest BCUT2D eigenvalue weighted by Gasteiger charge is -2.29. The van der Waals surface area contributed by atoms with Gasteiger partial charge in [-0.1, -0.05) is 38.1 Å². The Morgan fingerprint density at radius 3 is 1.21 bits per heavy atom. The molecule has 0 aliphatic carbocycles. The second-order valence-electron chi connectivity index (χ2n) is 10.8. The van der Waals surface area contributed by atoms with Crippen LogP contribution in [-0.2, 0) is 34.0 Å². The monoisotopic (exact) mass is 544 g/mol. The molecule has 8 heteroatoms. The van der Waals surface area contributed by atoms with Crippen LogP contribution in [0.2, 0.25) is 0 Å². The van der Waals surface area contributed by atoms with Crippen LogP contribution in [0.25, 0.3) is 0 Å². The Labute approximate surface area is 232 Å². The molecule has 0 aliphatic rings. The van der Waals surface area contributed by atoms with Crippen LogP contribution in [0.5, 0.6) is 11.5 Å². The maximum Gasteiger partial charge on any atom is 0.352 e. The molecule has 0 bridgehead atoms. The Kier molecular flexibility index (Phi) is 11.0. The summed E-state index contributed by atoms with van der Waals surface area (Å²) in [6.45, 7) is 18.8. The van der Waals surface area contributed by atoms with Gasteiger partial charge in [-0.15, -0.1) is 0 Å². The molecule has 2 atom stereocenters. The fraction of sp³-hybridized carbons (Fsp3) is 0.548. The highest BCUT2D eigenvalue weighted by molar-refractivity contribution is 5.79. The van der Waals surface area contributed by atoms with Gasteiger partial charge >= 0.3 is 11.9 Å². The van der Waals surface area contributed by atoms with Gasteiger partial charge in [0.05, 0.1) is 0 Å². The molecule has 216 valence electrons. The first-order valence-corrected chi connectivity index (χ1v) is 13.4. The number of benzene rings is 2. The molecule has 2 unspecified atom stereocenters. The van der Waals surface area contributed by atoms with Gasteiger partial charge in [0.1, 0.15) is 11.5 Å². The smallest absolute Gasteiger partial charge is 0.352 e. The van der Waals surface area contributed by atoms with Gasteiger partial charge < -0.3 is 28.4 Å². The number of hydrogen-bond donors (Lipinski definition) is 0. The van der Waals surface area contributed by atoms with E-state index in [-0.39, 0.29) is 5.41 Å². The van der Waals surface area contributed by atoms with E-state index in [2.05, 4.69) is 13.8 Å². The first-order valence-electron chi connectivity index (χ1n) is 13.4. The molecule has 39 heavy (non-hydrogen) atoms. The van der Waals surface area contributed by atoms with Crippen molar-refractivity contribution in [3.05, 3.63) is 59.7 Å². The molecule has 2 aromatic carbocycles. The Bertz CT molecular complexity index is 985. The molecule has 0 heterocycles. The normalized spacial score (nSPS) is 13.8. The van der Waals surface area contributed by atoms with E-state index in [1.165, 1.54) is 0 Å². The number of rotatable bonds is 14. The van der Waals surface area contributed by atoms with Crippen molar-refractivity contribution < 1.29 is 38.0 Å². The van der Waals surface area contributed by atoms with Gasteiger partial charge in [-0.2, -0.15) is 0 Å². The van der Waals surface area contributed by atoms with Crippen molar-refractivity contribution in [1.82, 2.24) is 0 Å². The largest absolute Gasteiger partial charge is 0.476 e. The highest BCUT2D eigenvalue weighted by Crippen LogP contribution is 2.34. The Morgan fingerprint density at radius 2 is 0.923 bits per heavy atom. The third-order valence-corrected chi connectivity index (χ3v) is 6.23. The molecule has 0 aliphatic heterocycles. The van der Waals surface area contributed by atoms with Crippen molar-refractivity contribution in [3.8, 4) is 11.5 Å². The van der Waals surface area contributed by atoms with Crippen molar-refractivity contribution in [2.24, 2.45) is 0 Å². The highest BCUT2D eigenvalue weighted by atomic mass is 16.7. The van der Waals surface area contributed by atoms with E-state index in [1.807, 2.05) is 62.4 Å². The van der Waals surface area contributed by atoms with Gasteiger partial charge in [-0.3, -0.25) is 0 Å². The maximum absolute atomic E-state index is 12.5. The molecule has 2 rings (SSSR count). The number of hydrogen-bond acceptors (Lipinski definition) is 8. The Hall–Kier alpha value is -3.10. The average molecular weight is 545 g/mol. The lowest BCUT2D eigenvalue weighted by Crippen LogP contribution is -2.41. The molecule has 0 N–H and O–H groups in total. The molecule has 0 saturated carbocycles. The minimum atomic E-state index is -1.18. The predicted octanol–water partition coefficient (Wildman–Crippen LogP) is 6.18. The van der Waals surface area contributed by atoms with Crippen LogP contribution in [0.3, 0.4) is 0 Å². The topological polar surface area (TPSA) is 89.5 Å². The zero-order valence-electron chi connectivity index (χ0n) is 25.0. The van der Waals surface area contributed by atoms with Crippen LogP contribution < -0.4 is 9.47 Å². The third-order valence-electron chi connectivity index (χ3n) is 6.23. The second kappa shape index (κ2) is 13.3. The van der Waals surface area contributed by atoms with E-state index < -0.39 is 35.7 Å². The first-order chi connectivity index (χ1) is 18.1. The standard InChI is InChI=1S/C31H44O8/c1-11-34-21(3)36-27(32)30(7,8)38-25-17-13-23(14-18-25)29(5,6)24-15-19-26(20-16-24)39-31(9,10)28(33)37-22(4)35-12-2/h13-22H,11-12H2,1-10H3. The molecule has 0 fully saturated rings. The van der Waals surface area contributed by atoms with Crippen molar-refractivity contribution in [2.75, 3.05) is 13.2 Å². The van der Waals surface area contributed by atoms with Crippen molar-refractivity contribution in [3.63, 3.8) is 0 Å². The summed E-state index contributed by atoms with van der Waals surface area (Å²) in [5.74, 6) is 0.0972. The minimum Gasteiger partial charge on any atom is -0.476 e. The molecule has 0 saturated heterocycles. The molecule has 0 aromatic heterocycles. The zero-order chi connectivity index (χ0) is 29.4. The SMILES string of the molecule is CCOC(C)OC(=O)C(C)(C)Oc1ccc(C(C)(C)c2ccc(OC(C)(C)C(=O)OC(C)OCC)cc2)cc1. The van der Waals surface area contributed by atoms with E-state index in [0.29, 0.717) is 24.7 Å². The van der Waals surface area contributed by atoms with Crippen LogP contribution in [-0.4, -0.2) is 48.9 Å². The Balaban J connectivity index is 2.08. The predicted molar refractivity (Wildman–Crippen MR) is 149 cm³/mol. The molecule has 0 radical (unpaired) electrons. The van der Waals surface area contributed by atoms with E-state index in [0.717, 1.165) is 11.1 Å². The third kappa shape index (κ3) is 8.97.